The number of rotatable bonds is 6. The van der Waals surface area contributed by atoms with Crippen LogP contribution in [-0.4, -0.2) is 34.5 Å². The van der Waals surface area contributed by atoms with Gasteiger partial charge >= 0.3 is 0 Å². The number of nitrogens with zero attached hydrogens (tertiary/aromatic N) is 2. The summed E-state index contributed by atoms with van der Waals surface area (Å²) in [5.41, 5.74) is -0.161. The van der Waals surface area contributed by atoms with Gasteiger partial charge in [0, 0.05) is 7.05 Å². The highest BCUT2D eigenvalue weighted by molar-refractivity contribution is 5.87. The van der Waals surface area contributed by atoms with Crippen LogP contribution >= 0.6 is 0 Å². The molecule has 0 aliphatic heterocycles. The van der Waals surface area contributed by atoms with E-state index in [1.54, 1.807) is 0 Å². The number of amides is 2. The van der Waals surface area contributed by atoms with Gasteiger partial charge in [-0.15, -0.1) is 0 Å². The lowest BCUT2D eigenvalue weighted by Crippen LogP contribution is -2.47. The van der Waals surface area contributed by atoms with E-state index in [1.807, 2.05) is 13.8 Å². The molecule has 25 heavy (non-hydrogen) atoms. The van der Waals surface area contributed by atoms with Gasteiger partial charge in [-0.2, -0.15) is 0 Å². The van der Waals surface area contributed by atoms with Crippen LogP contribution in [0.3, 0.4) is 0 Å². The zero-order valence-corrected chi connectivity index (χ0v) is 14.4. The van der Waals surface area contributed by atoms with Crippen LogP contribution in [0.15, 0.2) is 29.3 Å². The van der Waals surface area contributed by atoms with Gasteiger partial charge in [-0.25, -0.2) is 9.37 Å². The van der Waals surface area contributed by atoms with Gasteiger partial charge in [0.2, 0.25) is 11.8 Å². The predicted octanol–water partition coefficient (Wildman–Crippen LogP) is 0.812. The number of hydrogen-bond donors (Lipinski definition) is 2. The van der Waals surface area contributed by atoms with E-state index in [2.05, 4.69) is 15.6 Å². The fraction of sp³-hybridized carbons (Fsp3) is 0.412. The molecule has 1 aromatic heterocycles. The van der Waals surface area contributed by atoms with Crippen molar-refractivity contribution in [2.75, 3.05) is 7.05 Å². The van der Waals surface area contributed by atoms with Crippen LogP contribution in [0.2, 0.25) is 0 Å². The summed E-state index contributed by atoms with van der Waals surface area (Å²) in [5.74, 6) is -1.14. The first-order valence-corrected chi connectivity index (χ1v) is 7.97. The van der Waals surface area contributed by atoms with Crippen molar-refractivity contribution in [3.63, 3.8) is 0 Å². The Morgan fingerprint density at radius 1 is 1.32 bits per heavy atom. The molecule has 0 bridgehead atoms. The molecule has 0 radical (unpaired) electrons. The molecule has 0 aliphatic carbocycles. The molecule has 1 heterocycles. The van der Waals surface area contributed by atoms with Crippen LogP contribution in [0.25, 0.3) is 10.9 Å². The monoisotopic (exact) mass is 348 g/mol. The zero-order chi connectivity index (χ0) is 18.6. The number of carbonyl (C=O) groups excluding carboxylic acids is 2. The van der Waals surface area contributed by atoms with Crippen LogP contribution in [0.5, 0.6) is 0 Å². The number of benzene rings is 1. The van der Waals surface area contributed by atoms with E-state index in [4.69, 9.17) is 0 Å². The van der Waals surface area contributed by atoms with Gasteiger partial charge in [0.1, 0.15) is 18.4 Å². The Kier molecular flexibility index (Phi) is 5.84. The molecular weight excluding hydrogens is 327 g/mol. The van der Waals surface area contributed by atoms with Crippen molar-refractivity contribution < 1.29 is 14.0 Å². The van der Waals surface area contributed by atoms with E-state index in [0.29, 0.717) is 11.9 Å². The topological polar surface area (TPSA) is 93.1 Å². The highest BCUT2D eigenvalue weighted by atomic mass is 19.1. The van der Waals surface area contributed by atoms with Crippen molar-refractivity contribution in [1.29, 1.82) is 0 Å². The first-order valence-electron chi connectivity index (χ1n) is 7.97. The quantitative estimate of drug-likeness (QED) is 0.808. The number of carbonyl (C=O) groups is 2. The Morgan fingerprint density at radius 3 is 2.68 bits per heavy atom. The maximum Gasteiger partial charge on any atom is 0.261 e. The van der Waals surface area contributed by atoms with E-state index < -0.39 is 23.3 Å². The molecule has 0 saturated heterocycles. The largest absolute Gasteiger partial charge is 0.357 e. The van der Waals surface area contributed by atoms with Crippen molar-refractivity contribution in [1.82, 2.24) is 20.2 Å². The number of nitrogens with one attached hydrogen (secondary N) is 2. The van der Waals surface area contributed by atoms with Crippen molar-refractivity contribution in [3.8, 4) is 0 Å². The molecule has 1 atom stereocenters. The molecule has 2 N–H and O–H groups in total. The summed E-state index contributed by atoms with van der Waals surface area (Å²) in [4.78, 5) is 40.5. The molecule has 2 amide bonds. The molecule has 0 saturated carbocycles. The molecule has 7 nitrogen and oxygen atoms in total. The summed E-state index contributed by atoms with van der Waals surface area (Å²) in [6.45, 7) is 3.58. The SMILES string of the molecule is CNC(=O)[C@H](CC(C)C)NC(=O)Cn1cnc2ccc(F)cc2c1=O. The summed E-state index contributed by atoms with van der Waals surface area (Å²) < 4.78 is 14.4. The van der Waals surface area contributed by atoms with Crippen LogP contribution in [-0.2, 0) is 16.1 Å². The minimum absolute atomic E-state index is 0.0975. The van der Waals surface area contributed by atoms with Gasteiger partial charge in [-0.3, -0.25) is 19.0 Å². The number of aromatic nitrogens is 2. The molecule has 8 heteroatoms. The molecule has 0 unspecified atom stereocenters. The minimum atomic E-state index is -0.681. The normalized spacial score (nSPS) is 12.2. The fourth-order valence-corrected chi connectivity index (χ4v) is 2.52. The van der Waals surface area contributed by atoms with Crippen molar-refractivity contribution >= 4 is 22.7 Å². The van der Waals surface area contributed by atoms with Crippen molar-refractivity contribution in [2.24, 2.45) is 5.92 Å². The number of fused-ring (bicyclic) bond motifs is 1. The molecule has 2 rings (SSSR count). The van der Waals surface area contributed by atoms with Gasteiger partial charge in [0.15, 0.2) is 0 Å². The van der Waals surface area contributed by atoms with E-state index >= 15 is 0 Å². The molecular formula is C17H21FN4O3. The van der Waals surface area contributed by atoms with Crippen LogP contribution < -0.4 is 16.2 Å². The molecule has 0 aliphatic rings. The fourth-order valence-electron chi connectivity index (χ4n) is 2.52. The second-order valence-corrected chi connectivity index (χ2v) is 6.20. The number of likely N-dealkylation sites (N-methyl/N-ethyl adjacent to an activating group) is 1. The summed E-state index contributed by atoms with van der Waals surface area (Å²) in [6, 6.07) is 3.02. The summed E-state index contributed by atoms with van der Waals surface area (Å²) >= 11 is 0. The third-order valence-corrected chi connectivity index (χ3v) is 3.71. The lowest BCUT2D eigenvalue weighted by Gasteiger charge is -2.19. The maximum atomic E-state index is 13.3. The van der Waals surface area contributed by atoms with E-state index in [0.717, 1.165) is 10.6 Å². The Bertz CT molecular complexity index is 847. The zero-order valence-electron chi connectivity index (χ0n) is 14.4. The first-order chi connectivity index (χ1) is 11.8. The van der Waals surface area contributed by atoms with Gasteiger partial charge in [-0.1, -0.05) is 13.8 Å². The highest BCUT2D eigenvalue weighted by Gasteiger charge is 2.21. The Labute approximate surface area is 144 Å². The summed E-state index contributed by atoms with van der Waals surface area (Å²) in [6.07, 6.45) is 1.71. The second kappa shape index (κ2) is 7.87. The number of hydrogen-bond acceptors (Lipinski definition) is 4. The molecule has 0 spiro atoms. The van der Waals surface area contributed by atoms with E-state index in [1.165, 1.54) is 25.5 Å². The number of halogens is 1. The van der Waals surface area contributed by atoms with Crippen LogP contribution in [0, 0.1) is 11.7 Å². The predicted molar refractivity (Wildman–Crippen MR) is 91.4 cm³/mol. The Morgan fingerprint density at radius 2 is 2.04 bits per heavy atom. The lowest BCUT2D eigenvalue weighted by atomic mass is 10.0. The Balaban J connectivity index is 2.19. The maximum absolute atomic E-state index is 13.3. The highest BCUT2D eigenvalue weighted by Crippen LogP contribution is 2.08. The second-order valence-electron chi connectivity index (χ2n) is 6.20. The molecule has 0 fully saturated rings. The minimum Gasteiger partial charge on any atom is -0.357 e. The molecule has 134 valence electrons. The smallest absolute Gasteiger partial charge is 0.261 e. The van der Waals surface area contributed by atoms with Crippen molar-refractivity contribution in [3.05, 3.63) is 40.7 Å². The third-order valence-electron chi connectivity index (χ3n) is 3.71. The molecule has 1 aromatic carbocycles. The van der Waals surface area contributed by atoms with E-state index in [-0.39, 0.29) is 23.8 Å². The van der Waals surface area contributed by atoms with Crippen molar-refractivity contribution in [2.45, 2.75) is 32.9 Å². The average Bonchev–Trinajstić information content (AvgIpc) is 2.56. The van der Waals surface area contributed by atoms with Gasteiger partial charge < -0.3 is 10.6 Å². The standard InChI is InChI=1S/C17H21FN4O3/c1-10(2)6-14(16(24)19-3)21-15(23)8-22-9-20-13-5-4-11(18)7-12(13)17(22)25/h4-5,7,9-10,14H,6,8H2,1-3H3,(H,19,24)(H,21,23)/t14-/m0/s1. The molecule has 2 aromatic rings. The average molecular weight is 348 g/mol. The van der Waals surface area contributed by atoms with Gasteiger partial charge in [-0.05, 0) is 30.5 Å². The lowest BCUT2D eigenvalue weighted by molar-refractivity contribution is -0.129. The summed E-state index contributed by atoms with van der Waals surface area (Å²) in [7, 11) is 1.49. The Hall–Kier alpha value is -2.77. The summed E-state index contributed by atoms with van der Waals surface area (Å²) in [5, 5.41) is 5.22. The van der Waals surface area contributed by atoms with Gasteiger partial charge in [0.05, 0.1) is 17.2 Å². The first kappa shape index (κ1) is 18.6. The van der Waals surface area contributed by atoms with E-state index in [9.17, 15) is 18.8 Å². The third kappa shape index (κ3) is 4.62. The van der Waals surface area contributed by atoms with Gasteiger partial charge in [0.25, 0.3) is 5.56 Å². The van der Waals surface area contributed by atoms with Crippen LogP contribution in [0.1, 0.15) is 20.3 Å². The van der Waals surface area contributed by atoms with Crippen LogP contribution in [0.4, 0.5) is 4.39 Å².